The van der Waals surface area contributed by atoms with Gasteiger partial charge in [0.25, 0.3) is 5.91 Å². The number of thioether (sulfide) groups is 1. The number of benzene rings is 2. The van der Waals surface area contributed by atoms with E-state index in [1.807, 2.05) is 62.4 Å². The third-order valence-electron chi connectivity index (χ3n) is 4.12. The van der Waals surface area contributed by atoms with E-state index in [0.29, 0.717) is 23.3 Å². The molecule has 0 saturated carbocycles. The molecule has 7 nitrogen and oxygen atoms in total. The summed E-state index contributed by atoms with van der Waals surface area (Å²) in [7, 11) is 1.58. The monoisotopic (exact) mass is 436 g/mol. The molecule has 0 unspecified atom stereocenters. The predicted molar refractivity (Wildman–Crippen MR) is 122 cm³/mol. The van der Waals surface area contributed by atoms with Gasteiger partial charge in [-0.25, -0.2) is 15.4 Å². The maximum Gasteiger partial charge on any atom is 0.250 e. The van der Waals surface area contributed by atoms with E-state index in [9.17, 15) is 4.79 Å². The largest absolute Gasteiger partial charge is 0.493 e. The highest BCUT2D eigenvalue weighted by Gasteiger charge is 2.07. The molecule has 0 aliphatic carbocycles. The summed E-state index contributed by atoms with van der Waals surface area (Å²) in [6.45, 7) is 4.24. The molecule has 0 radical (unpaired) electrons. The highest BCUT2D eigenvalue weighted by molar-refractivity contribution is 7.99. The quantitative estimate of drug-likeness (QED) is 0.237. The van der Waals surface area contributed by atoms with Gasteiger partial charge in [-0.2, -0.15) is 5.10 Å². The SMILES string of the molecule is COc1cc(/C=N\NC(=O)CSc2nc(C)cc(C)n2)ccc1OCc1ccccc1. The first kappa shape index (κ1) is 22.3. The Balaban J connectivity index is 1.52. The van der Waals surface area contributed by atoms with Crippen LogP contribution in [0.15, 0.2) is 64.9 Å². The van der Waals surface area contributed by atoms with E-state index in [4.69, 9.17) is 9.47 Å². The molecule has 1 aromatic heterocycles. The Labute approximate surface area is 185 Å². The zero-order valence-corrected chi connectivity index (χ0v) is 18.5. The number of carbonyl (C=O) groups excluding carboxylic acids is 1. The van der Waals surface area contributed by atoms with E-state index in [2.05, 4.69) is 20.5 Å². The lowest BCUT2D eigenvalue weighted by Gasteiger charge is -2.11. The van der Waals surface area contributed by atoms with Gasteiger partial charge in [-0.05, 0) is 49.2 Å². The van der Waals surface area contributed by atoms with Gasteiger partial charge in [0.05, 0.1) is 19.1 Å². The van der Waals surface area contributed by atoms with E-state index in [1.165, 1.54) is 11.8 Å². The van der Waals surface area contributed by atoms with Crippen LogP contribution in [0.4, 0.5) is 0 Å². The number of aryl methyl sites for hydroxylation is 2. The van der Waals surface area contributed by atoms with Crippen LogP contribution < -0.4 is 14.9 Å². The summed E-state index contributed by atoms with van der Waals surface area (Å²) in [4.78, 5) is 20.6. The van der Waals surface area contributed by atoms with Crippen molar-refractivity contribution in [1.29, 1.82) is 0 Å². The number of nitrogens with zero attached hydrogens (tertiary/aromatic N) is 3. The fraction of sp³-hybridized carbons (Fsp3) is 0.217. The summed E-state index contributed by atoms with van der Waals surface area (Å²) in [5.74, 6) is 1.17. The van der Waals surface area contributed by atoms with Crippen LogP contribution in [0.3, 0.4) is 0 Å². The molecule has 3 aromatic rings. The summed E-state index contributed by atoms with van der Waals surface area (Å²) in [5.41, 5.74) is 6.10. The topological polar surface area (TPSA) is 85.7 Å². The van der Waals surface area contributed by atoms with E-state index in [-0.39, 0.29) is 11.7 Å². The summed E-state index contributed by atoms with van der Waals surface area (Å²) >= 11 is 1.27. The number of hydrogen-bond donors (Lipinski definition) is 1. The van der Waals surface area contributed by atoms with Crippen molar-refractivity contribution in [2.24, 2.45) is 5.10 Å². The van der Waals surface area contributed by atoms with Gasteiger partial charge >= 0.3 is 0 Å². The lowest BCUT2D eigenvalue weighted by atomic mass is 10.2. The van der Waals surface area contributed by atoms with E-state index in [0.717, 1.165) is 22.5 Å². The summed E-state index contributed by atoms with van der Waals surface area (Å²) in [6.07, 6.45) is 1.55. The smallest absolute Gasteiger partial charge is 0.250 e. The summed E-state index contributed by atoms with van der Waals surface area (Å²) < 4.78 is 11.3. The van der Waals surface area contributed by atoms with Crippen molar-refractivity contribution in [2.45, 2.75) is 25.6 Å². The molecule has 0 fully saturated rings. The fourth-order valence-corrected chi connectivity index (χ4v) is 3.46. The number of carbonyl (C=O) groups is 1. The molecule has 0 bridgehead atoms. The average molecular weight is 437 g/mol. The number of aromatic nitrogens is 2. The number of rotatable bonds is 9. The maximum atomic E-state index is 12.0. The van der Waals surface area contributed by atoms with E-state index in [1.54, 1.807) is 19.4 Å². The van der Waals surface area contributed by atoms with Crippen molar-refractivity contribution >= 4 is 23.9 Å². The van der Waals surface area contributed by atoms with Gasteiger partial charge in [-0.3, -0.25) is 4.79 Å². The van der Waals surface area contributed by atoms with Gasteiger partial charge in [0.2, 0.25) is 0 Å². The van der Waals surface area contributed by atoms with Crippen LogP contribution in [0, 0.1) is 13.8 Å². The zero-order chi connectivity index (χ0) is 22.1. The first-order chi connectivity index (χ1) is 15.0. The number of ether oxygens (including phenoxy) is 2. The molecule has 31 heavy (non-hydrogen) atoms. The lowest BCUT2D eigenvalue weighted by Crippen LogP contribution is -2.19. The van der Waals surface area contributed by atoms with Crippen molar-refractivity contribution in [3.8, 4) is 11.5 Å². The van der Waals surface area contributed by atoms with Crippen molar-refractivity contribution in [3.05, 3.63) is 77.1 Å². The van der Waals surface area contributed by atoms with Crippen LogP contribution in [0.2, 0.25) is 0 Å². The van der Waals surface area contributed by atoms with Crippen molar-refractivity contribution in [2.75, 3.05) is 12.9 Å². The molecule has 2 aromatic carbocycles. The van der Waals surface area contributed by atoms with E-state index < -0.39 is 0 Å². The van der Waals surface area contributed by atoms with E-state index >= 15 is 0 Å². The maximum absolute atomic E-state index is 12.0. The van der Waals surface area contributed by atoms with Crippen LogP contribution in [0.25, 0.3) is 0 Å². The molecule has 3 rings (SSSR count). The molecule has 0 saturated heterocycles. The van der Waals surface area contributed by atoms with Crippen LogP contribution in [-0.2, 0) is 11.4 Å². The minimum absolute atomic E-state index is 0.176. The zero-order valence-electron chi connectivity index (χ0n) is 17.7. The summed E-state index contributed by atoms with van der Waals surface area (Å²) in [6, 6.07) is 17.3. The van der Waals surface area contributed by atoms with Crippen molar-refractivity contribution < 1.29 is 14.3 Å². The Morgan fingerprint density at radius 1 is 1.06 bits per heavy atom. The Morgan fingerprint density at radius 2 is 1.81 bits per heavy atom. The second kappa shape index (κ2) is 11.1. The predicted octanol–water partition coefficient (Wildman–Crippen LogP) is 3.92. The number of methoxy groups -OCH3 is 1. The van der Waals surface area contributed by atoms with Crippen LogP contribution in [0.5, 0.6) is 11.5 Å². The molecule has 0 atom stereocenters. The normalized spacial score (nSPS) is 10.8. The Bertz CT molecular complexity index is 1040. The highest BCUT2D eigenvalue weighted by Crippen LogP contribution is 2.28. The van der Waals surface area contributed by atoms with Gasteiger partial charge in [0.1, 0.15) is 6.61 Å². The number of hydrazone groups is 1. The van der Waals surface area contributed by atoms with Crippen LogP contribution in [0.1, 0.15) is 22.5 Å². The second-order valence-electron chi connectivity index (χ2n) is 6.70. The molecule has 0 spiro atoms. The highest BCUT2D eigenvalue weighted by atomic mass is 32.2. The number of amides is 1. The van der Waals surface area contributed by atoms with Crippen molar-refractivity contribution in [3.63, 3.8) is 0 Å². The minimum Gasteiger partial charge on any atom is -0.493 e. The molecule has 1 heterocycles. The molecular formula is C23H24N4O3S. The average Bonchev–Trinajstić information content (AvgIpc) is 2.76. The Morgan fingerprint density at radius 3 is 2.52 bits per heavy atom. The Hall–Kier alpha value is -3.39. The molecule has 8 heteroatoms. The fourth-order valence-electron chi connectivity index (χ4n) is 2.72. The molecular weight excluding hydrogens is 412 g/mol. The third kappa shape index (κ3) is 7.11. The van der Waals surface area contributed by atoms with Gasteiger partial charge in [-0.15, -0.1) is 0 Å². The number of nitrogens with one attached hydrogen (secondary N) is 1. The molecule has 1 N–H and O–H groups in total. The van der Waals surface area contributed by atoms with Crippen LogP contribution in [-0.4, -0.2) is 35.0 Å². The Kier molecular flexibility index (Phi) is 8.00. The first-order valence-corrected chi connectivity index (χ1v) is 10.6. The minimum atomic E-state index is -0.237. The molecule has 0 aliphatic rings. The third-order valence-corrected chi connectivity index (χ3v) is 4.97. The number of hydrogen-bond acceptors (Lipinski definition) is 7. The van der Waals surface area contributed by atoms with Gasteiger partial charge in [0, 0.05) is 11.4 Å². The molecule has 0 aliphatic heterocycles. The van der Waals surface area contributed by atoms with Gasteiger partial charge in [-0.1, -0.05) is 42.1 Å². The summed E-state index contributed by atoms with van der Waals surface area (Å²) in [5, 5.41) is 4.59. The van der Waals surface area contributed by atoms with Crippen LogP contribution >= 0.6 is 11.8 Å². The first-order valence-electron chi connectivity index (χ1n) is 9.65. The van der Waals surface area contributed by atoms with Gasteiger partial charge < -0.3 is 9.47 Å². The lowest BCUT2D eigenvalue weighted by molar-refractivity contribution is -0.118. The van der Waals surface area contributed by atoms with Gasteiger partial charge in [0.15, 0.2) is 16.7 Å². The standard InChI is InChI=1S/C23H24N4O3S/c1-16-11-17(2)26-23(25-16)31-15-22(28)27-24-13-19-9-10-20(21(12-19)29-3)30-14-18-7-5-4-6-8-18/h4-13H,14-15H2,1-3H3,(H,27,28)/b24-13-. The second-order valence-corrected chi connectivity index (χ2v) is 7.64. The molecule has 160 valence electrons. The molecule has 1 amide bonds. The van der Waals surface area contributed by atoms with Crippen molar-refractivity contribution in [1.82, 2.24) is 15.4 Å².